The van der Waals surface area contributed by atoms with Crippen LogP contribution in [0.25, 0.3) is 10.7 Å². The highest BCUT2D eigenvalue weighted by atomic mass is 32.2. The summed E-state index contributed by atoms with van der Waals surface area (Å²) < 4.78 is 5.94. The maximum Gasteiger partial charge on any atom is 0.343 e. The number of rotatable bonds is 6. The summed E-state index contributed by atoms with van der Waals surface area (Å²) in [5.41, 5.74) is 2.52. The summed E-state index contributed by atoms with van der Waals surface area (Å²) >= 11 is 1.05. The van der Waals surface area contributed by atoms with Gasteiger partial charge >= 0.3 is 5.97 Å². The van der Waals surface area contributed by atoms with Gasteiger partial charge in [0, 0.05) is 11.1 Å². The van der Waals surface area contributed by atoms with Crippen LogP contribution in [0.5, 0.6) is 0 Å². The molecule has 156 valence electrons. The Morgan fingerprint density at radius 1 is 0.500 bits per heavy atom. The predicted molar refractivity (Wildman–Crippen MR) is 130 cm³/mol. The van der Waals surface area contributed by atoms with Crippen molar-refractivity contribution in [2.24, 2.45) is 0 Å². The van der Waals surface area contributed by atoms with Gasteiger partial charge in [-0.2, -0.15) is 0 Å². The van der Waals surface area contributed by atoms with Crippen LogP contribution in [0.3, 0.4) is 0 Å². The van der Waals surface area contributed by atoms with Gasteiger partial charge in [0.25, 0.3) is 0 Å². The van der Waals surface area contributed by atoms with Crippen LogP contribution in [-0.4, -0.2) is 11.1 Å². The van der Waals surface area contributed by atoms with Gasteiger partial charge < -0.3 is 4.74 Å². The molecule has 0 aromatic heterocycles. The van der Waals surface area contributed by atoms with Gasteiger partial charge in [-0.15, -0.1) is 0 Å². The molecule has 0 bridgehead atoms. The van der Waals surface area contributed by atoms with E-state index in [4.69, 9.17) is 4.74 Å². The summed E-state index contributed by atoms with van der Waals surface area (Å²) in [6.45, 7) is 0. The predicted octanol–water partition coefficient (Wildman–Crippen LogP) is 6.94. The second-order valence-corrected chi connectivity index (χ2v) is 7.88. The lowest BCUT2D eigenvalue weighted by Gasteiger charge is -2.16. The molecule has 32 heavy (non-hydrogen) atoms. The van der Waals surface area contributed by atoms with Crippen LogP contribution < -0.4 is 0 Å². The number of ether oxygens (including phenoxy) is 1. The van der Waals surface area contributed by atoms with Crippen LogP contribution in [0, 0.1) is 0 Å². The quantitative estimate of drug-likeness (QED) is 0.186. The number of esters is 1. The van der Waals surface area contributed by atoms with Crippen molar-refractivity contribution in [3.8, 4) is 0 Å². The monoisotopic (exact) mass is 436 g/mol. The summed E-state index contributed by atoms with van der Waals surface area (Å²) in [6.07, 6.45) is 0. The van der Waals surface area contributed by atoms with Crippen molar-refractivity contribution in [1.82, 2.24) is 0 Å². The second kappa shape index (κ2) is 10.4. The van der Waals surface area contributed by atoms with Crippen LogP contribution in [0.15, 0.2) is 121 Å². The van der Waals surface area contributed by atoms with Crippen LogP contribution in [0.2, 0.25) is 0 Å². The van der Waals surface area contributed by atoms with Crippen LogP contribution in [-0.2, 0) is 4.74 Å². The molecule has 0 radical (unpaired) electrons. The zero-order valence-electron chi connectivity index (χ0n) is 17.2. The molecule has 0 saturated heterocycles. The summed E-state index contributed by atoms with van der Waals surface area (Å²) in [5.74, 6) is -0.134. The van der Waals surface area contributed by atoms with Crippen molar-refractivity contribution in [2.75, 3.05) is 0 Å². The van der Waals surface area contributed by atoms with E-state index in [2.05, 4.69) is 0 Å². The Kier molecular flexibility index (Phi) is 6.95. The van der Waals surface area contributed by atoms with E-state index >= 15 is 0 Å². The Labute approximate surface area is 191 Å². The first-order valence-corrected chi connectivity index (χ1v) is 10.9. The third kappa shape index (κ3) is 5.23. The van der Waals surface area contributed by atoms with Crippen LogP contribution in [0.1, 0.15) is 31.8 Å². The molecule has 4 aromatic rings. The topological polar surface area (TPSA) is 43.4 Å². The smallest absolute Gasteiger partial charge is 0.343 e. The van der Waals surface area contributed by atoms with E-state index in [9.17, 15) is 9.59 Å². The molecule has 0 spiro atoms. The third-order valence-corrected chi connectivity index (χ3v) is 5.73. The molecule has 4 rings (SSSR count). The van der Waals surface area contributed by atoms with E-state index < -0.39 is 5.97 Å². The van der Waals surface area contributed by atoms with Gasteiger partial charge in [0.05, 0.1) is 10.5 Å². The molecule has 0 aliphatic heterocycles. The Morgan fingerprint density at radius 2 is 0.906 bits per heavy atom. The van der Waals surface area contributed by atoms with E-state index in [0.29, 0.717) is 27.4 Å². The number of hydrogen-bond donors (Lipinski definition) is 0. The van der Waals surface area contributed by atoms with Gasteiger partial charge in [-0.3, -0.25) is 4.79 Å². The molecule has 0 atom stereocenters. The molecule has 0 amide bonds. The van der Waals surface area contributed by atoms with E-state index in [-0.39, 0.29) is 5.12 Å². The molecule has 4 aromatic carbocycles. The highest BCUT2D eigenvalue weighted by molar-refractivity contribution is 8.22. The van der Waals surface area contributed by atoms with E-state index in [1.165, 1.54) is 0 Å². The van der Waals surface area contributed by atoms with Gasteiger partial charge in [0.1, 0.15) is 0 Å². The molecule has 3 nitrogen and oxygen atoms in total. The van der Waals surface area contributed by atoms with Gasteiger partial charge in [-0.05, 0) is 29.5 Å². The highest BCUT2D eigenvalue weighted by Crippen LogP contribution is 2.38. The summed E-state index contributed by atoms with van der Waals surface area (Å²) in [6, 6.07) is 36.8. The van der Waals surface area contributed by atoms with Crippen molar-refractivity contribution in [2.45, 2.75) is 0 Å². The summed E-state index contributed by atoms with van der Waals surface area (Å²) in [5, 5.41) is -0.131. The average molecular weight is 437 g/mol. The molecule has 0 unspecified atom stereocenters. The Morgan fingerprint density at radius 3 is 1.41 bits per heavy atom. The van der Waals surface area contributed by atoms with Gasteiger partial charge in [-0.25, -0.2) is 4.79 Å². The fourth-order valence-electron chi connectivity index (χ4n) is 3.10. The number of hydrogen-bond acceptors (Lipinski definition) is 4. The molecule has 0 fully saturated rings. The molecule has 0 aliphatic carbocycles. The largest absolute Gasteiger partial charge is 0.421 e. The second-order valence-electron chi connectivity index (χ2n) is 6.90. The number of carbonyl (C=O) groups is 2. The standard InChI is InChI=1S/C28H20O3S/c29-27(23-17-9-3-10-18-23)31-25(21-13-5-1-6-14-21)26(22-15-7-2-8-16-22)32-28(30)24-19-11-4-12-20-24/h1-20H/b26-25-. The molecule has 0 N–H and O–H groups in total. The molecule has 0 heterocycles. The fraction of sp³-hybridized carbons (Fsp3) is 0. The first-order chi connectivity index (χ1) is 15.7. The number of benzene rings is 4. The van der Waals surface area contributed by atoms with Crippen molar-refractivity contribution in [1.29, 1.82) is 0 Å². The van der Waals surface area contributed by atoms with Crippen LogP contribution >= 0.6 is 11.8 Å². The third-order valence-electron chi connectivity index (χ3n) is 4.69. The summed E-state index contributed by atoms with van der Waals surface area (Å²) in [7, 11) is 0. The van der Waals surface area contributed by atoms with Gasteiger partial charge in [0.2, 0.25) is 5.12 Å². The zero-order valence-corrected chi connectivity index (χ0v) is 18.0. The van der Waals surface area contributed by atoms with E-state index in [0.717, 1.165) is 17.3 Å². The molecular weight excluding hydrogens is 416 g/mol. The first kappa shape index (κ1) is 21.3. The highest BCUT2D eigenvalue weighted by Gasteiger charge is 2.21. The lowest BCUT2D eigenvalue weighted by Crippen LogP contribution is -2.07. The Bertz CT molecular complexity index is 1120. The zero-order chi connectivity index (χ0) is 22.2. The average Bonchev–Trinajstić information content (AvgIpc) is 2.88. The minimum absolute atomic E-state index is 0.131. The van der Waals surface area contributed by atoms with Crippen molar-refractivity contribution < 1.29 is 14.3 Å². The first-order valence-electron chi connectivity index (χ1n) is 10.1. The maximum absolute atomic E-state index is 13.1. The maximum atomic E-state index is 13.1. The number of carbonyl (C=O) groups excluding carboxylic acids is 2. The normalized spacial score (nSPS) is 11.4. The van der Waals surface area contributed by atoms with Gasteiger partial charge in [-0.1, -0.05) is 109 Å². The van der Waals surface area contributed by atoms with Gasteiger partial charge in [0.15, 0.2) is 5.76 Å². The minimum atomic E-state index is -0.481. The molecular formula is C28H20O3S. The Balaban J connectivity index is 1.83. The Hall–Kier alpha value is -3.89. The number of thioether (sulfide) groups is 1. The lowest BCUT2D eigenvalue weighted by atomic mass is 10.1. The molecule has 0 saturated carbocycles. The van der Waals surface area contributed by atoms with Crippen molar-refractivity contribution >= 4 is 33.5 Å². The molecule has 0 aliphatic rings. The lowest BCUT2D eigenvalue weighted by molar-refractivity contribution is 0.0693. The van der Waals surface area contributed by atoms with Crippen molar-refractivity contribution in [3.63, 3.8) is 0 Å². The summed E-state index contributed by atoms with van der Waals surface area (Å²) in [4.78, 5) is 26.7. The van der Waals surface area contributed by atoms with Crippen LogP contribution in [0.4, 0.5) is 0 Å². The van der Waals surface area contributed by atoms with E-state index in [1.807, 2.05) is 84.9 Å². The van der Waals surface area contributed by atoms with E-state index in [1.54, 1.807) is 36.4 Å². The minimum Gasteiger partial charge on any atom is -0.421 e. The van der Waals surface area contributed by atoms with Crippen molar-refractivity contribution in [3.05, 3.63) is 144 Å². The molecule has 4 heteroatoms. The fourth-order valence-corrected chi connectivity index (χ4v) is 4.05. The SMILES string of the molecule is O=C(O/C(=C(\SC(=O)c1ccccc1)c1ccccc1)c1ccccc1)c1ccccc1.